The summed E-state index contributed by atoms with van der Waals surface area (Å²) in [6.07, 6.45) is 0.252. The third-order valence-corrected chi connectivity index (χ3v) is 4.41. The first-order valence-corrected chi connectivity index (χ1v) is 6.75. The lowest BCUT2D eigenvalue weighted by molar-refractivity contribution is -0.0690. The van der Waals surface area contributed by atoms with E-state index in [0.29, 0.717) is 17.8 Å². The van der Waals surface area contributed by atoms with Crippen LogP contribution in [0, 0.1) is 5.41 Å². The molecular weight excluding hydrogens is 254 g/mol. The SMILES string of the molecule is CC1(C)C(O)CC1NC(=O)c1cc2cc(N)ccc2[nH]1. The van der Waals surface area contributed by atoms with Crippen LogP contribution in [0.5, 0.6) is 0 Å². The van der Waals surface area contributed by atoms with Gasteiger partial charge in [-0.2, -0.15) is 0 Å². The van der Waals surface area contributed by atoms with Crippen molar-refractivity contribution in [2.24, 2.45) is 5.41 Å². The van der Waals surface area contributed by atoms with Gasteiger partial charge in [-0.1, -0.05) is 13.8 Å². The molecule has 1 fully saturated rings. The van der Waals surface area contributed by atoms with E-state index in [9.17, 15) is 9.90 Å². The van der Waals surface area contributed by atoms with Gasteiger partial charge in [0, 0.05) is 28.0 Å². The number of nitrogens with two attached hydrogens (primary N) is 1. The van der Waals surface area contributed by atoms with Crippen LogP contribution in [0.3, 0.4) is 0 Å². The molecule has 2 atom stereocenters. The van der Waals surface area contributed by atoms with E-state index in [0.717, 1.165) is 10.9 Å². The highest BCUT2D eigenvalue weighted by Crippen LogP contribution is 2.40. The molecule has 1 aliphatic carbocycles. The van der Waals surface area contributed by atoms with E-state index in [-0.39, 0.29) is 23.5 Å². The highest BCUT2D eigenvalue weighted by molar-refractivity contribution is 5.98. The van der Waals surface area contributed by atoms with Crippen molar-refractivity contribution >= 4 is 22.5 Å². The predicted octanol–water partition coefficient (Wildman–Crippen LogP) is 1.64. The average Bonchev–Trinajstić information content (AvgIpc) is 2.81. The number of carbonyl (C=O) groups excluding carboxylic acids is 1. The minimum atomic E-state index is -0.352. The van der Waals surface area contributed by atoms with Crippen molar-refractivity contribution in [3.8, 4) is 0 Å². The molecule has 5 nitrogen and oxygen atoms in total. The first-order chi connectivity index (χ1) is 9.38. The number of hydrogen-bond donors (Lipinski definition) is 4. The summed E-state index contributed by atoms with van der Waals surface area (Å²) in [4.78, 5) is 15.3. The molecular formula is C15H19N3O2. The molecule has 2 unspecified atom stereocenters. The molecule has 0 saturated heterocycles. The Bertz CT molecular complexity index is 675. The number of carbonyl (C=O) groups is 1. The summed E-state index contributed by atoms with van der Waals surface area (Å²) in [6.45, 7) is 3.91. The number of nitrogens with one attached hydrogen (secondary N) is 2. The van der Waals surface area contributed by atoms with Gasteiger partial charge in [0.25, 0.3) is 5.91 Å². The lowest BCUT2D eigenvalue weighted by Crippen LogP contribution is -2.61. The molecule has 5 N–H and O–H groups in total. The Kier molecular flexibility index (Phi) is 2.76. The Hall–Kier alpha value is -2.01. The van der Waals surface area contributed by atoms with E-state index < -0.39 is 0 Å². The van der Waals surface area contributed by atoms with Crippen LogP contribution in [0.15, 0.2) is 24.3 Å². The predicted molar refractivity (Wildman–Crippen MR) is 78.4 cm³/mol. The average molecular weight is 273 g/mol. The Morgan fingerprint density at radius 2 is 2.20 bits per heavy atom. The number of benzene rings is 1. The third-order valence-electron chi connectivity index (χ3n) is 4.41. The molecule has 1 heterocycles. The Morgan fingerprint density at radius 1 is 1.45 bits per heavy atom. The maximum absolute atomic E-state index is 12.2. The Labute approximate surface area is 117 Å². The van der Waals surface area contributed by atoms with E-state index in [2.05, 4.69) is 10.3 Å². The second kappa shape index (κ2) is 4.24. The summed E-state index contributed by atoms with van der Waals surface area (Å²) >= 11 is 0. The molecule has 3 rings (SSSR count). The third kappa shape index (κ3) is 1.94. The van der Waals surface area contributed by atoms with Gasteiger partial charge in [-0.15, -0.1) is 0 Å². The van der Waals surface area contributed by atoms with Crippen molar-refractivity contribution in [3.63, 3.8) is 0 Å². The lowest BCUT2D eigenvalue weighted by Gasteiger charge is -2.49. The second-order valence-electron chi connectivity index (χ2n) is 6.13. The number of H-pyrrole nitrogens is 1. The van der Waals surface area contributed by atoms with Gasteiger partial charge in [0.2, 0.25) is 0 Å². The fourth-order valence-electron chi connectivity index (χ4n) is 2.66. The van der Waals surface area contributed by atoms with Crippen LogP contribution in [0.25, 0.3) is 10.9 Å². The number of nitrogen functional groups attached to an aromatic ring is 1. The topological polar surface area (TPSA) is 91.1 Å². The van der Waals surface area contributed by atoms with Gasteiger partial charge in [0.15, 0.2) is 0 Å². The van der Waals surface area contributed by atoms with E-state index in [1.165, 1.54) is 0 Å². The Morgan fingerprint density at radius 3 is 2.85 bits per heavy atom. The first kappa shape index (κ1) is 13.0. The minimum Gasteiger partial charge on any atom is -0.399 e. The quantitative estimate of drug-likeness (QED) is 0.627. The lowest BCUT2D eigenvalue weighted by atomic mass is 9.64. The number of anilines is 1. The molecule has 1 aromatic carbocycles. The van der Waals surface area contributed by atoms with Gasteiger partial charge < -0.3 is 21.1 Å². The van der Waals surface area contributed by atoms with Crippen molar-refractivity contribution in [3.05, 3.63) is 30.0 Å². The summed E-state index contributed by atoms with van der Waals surface area (Å²) in [5.74, 6) is -0.148. The summed E-state index contributed by atoms with van der Waals surface area (Å²) in [5.41, 5.74) is 7.53. The number of rotatable bonds is 2. The zero-order valence-corrected chi connectivity index (χ0v) is 11.6. The van der Waals surface area contributed by atoms with Gasteiger partial charge in [0.05, 0.1) is 6.10 Å². The van der Waals surface area contributed by atoms with Crippen LogP contribution in [0.1, 0.15) is 30.8 Å². The van der Waals surface area contributed by atoms with Gasteiger partial charge in [-0.3, -0.25) is 4.79 Å². The molecule has 0 aliphatic heterocycles. The molecule has 2 aromatic rings. The number of fused-ring (bicyclic) bond motifs is 1. The minimum absolute atomic E-state index is 0.00137. The zero-order chi connectivity index (χ0) is 14.5. The van der Waals surface area contributed by atoms with E-state index >= 15 is 0 Å². The van der Waals surface area contributed by atoms with Crippen molar-refractivity contribution in [2.45, 2.75) is 32.4 Å². The fourth-order valence-corrected chi connectivity index (χ4v) is 2.66. The second-order valence-corrected chi connectivity index (χ2v) is 6.13. The molecule has 106 valence electrons. The number of aliphatic hydroxyl groups is 1. The summed E-state index contributed by atoms with van der Waals surface area (Å²) in [5, 5.41) is 13.6. The molecule has 20 heavy (non-hydrogen) atoms. The number of amides is 1. The maximum Gasteiger partial charge on any atom is 0.267 e. The Balaban J connectivity index is 1.79. The maximum atomic E-state index is 12.2. The van der Waals surface area contributed by atoms with Crippen LogP contribution in [0.2, 0.25) is 0 Å². The van der Waals surface area contributed by atoms with Gasteiger partial charge in [-0.05, 0) is 30.7 Å². The molecule has 1 saturated carbocycles. The molecule has 1 aromatic heterocycles. The van der Waals surface area contributed by atoms with Crippen LogP contribution in [-0.4, -0.2) is 28.1 Å². The van der Waals surface area contributed by atoms with Crippen molar-refractivity contribution in [1.82, 2.24) is 10.3 Å². The standard InChI is InChI=1S/C15H19N3O2/c1-15(2)12(7-13(15)19)18-14(20)11-6-8-5-9(16)3-4-10(8)17-11/h3-6,12-13,17,19H,7,16H2,1-2H3,(H,18,20). The summed E-state index contributed by atoms with van der Waals surface area (Å²) < 4.78 is 0. The fraction of sp³-hybridized carbons (Fsp3) is 0.400. The van der Waals surface area contributed by atoms with Crippen LogP contribution in [0.4, 0.5) is 5.69 Å². The molecule has 0 radical (unpaired) electrons. The number of aliphatic hydroxyl groups excluding tert-OH is 1. The smallest absolute Gasteiger partial charge is 0.267 e. The molecule has 0 bridgehead atoms. The van der Waals surface area contributed by atoms with Gasteiger partial charge >= 0.3 is 0 Å². The van der Waals surface area contributed by atoms with E-state index in [4.69, 9.17) is 5.73 Å². The monoisotopic (exact) mass is 273 g/mol. The van der Waals surface area contributed by atoms with Crippen molar-refractivity contribution in [1.29, 1.82) is 0 Å². The molecule has 0 spiro atoms. The highest BCUT2D eigenvalue weighted by atomic mass is 16.3. The van der Waals surface area contributed by atoms with Crippen LogP contribution >= 0.6 is 0 Å². The molecule has 1 amide bonds. The van der Waals surface area contributed by atoms with Gasteiger partial charge in [-0.25, -0.2) is 0 Å². The summed E-state index contributed by atoms with van der Waals surface area (Å²) in [6, 6.07) is 7.29. The summed E-state index contributed by atoms with van der Waals surface area (Å²) in [7, 11) is 0. The number of hydrogen-bond acceptors (Lipinski definition) is 3. The highest BCUT2D eigenvalue weighted by Gasteiger charge is 2.48. The molecule has 1 aliphatic rings. The van der Waals surface area contributed by atoms with Crippen molar-refractivity contribution in [2.75, 3.05) is 5.73 Å². The van der Waals surface area contributed by atoms with E-state index in [1.807, 2.05) is 26.0 Å². The first-order valence-electron chi connectivity index (χ1n) is 6.75. The van der Waals surface area contributed by atoms with E-state index in [1.54, 1.807) is 12.1 Å². The normalized spacial score (nSPS) is 24.4. The number of aromatic amines is 1. The van der Waals surface area contributed by atoms with Crippen LogP contribution in [-0.2, 0) is 0 Å². The zero-order valence-electron chi connectivity index (χ0n) is 11.6. The number of aromatic nitrogens is 1. The largest absolute Gasteiger partial charge is 0.399 e. The van der Waals surface area contributed by atoms with Crippen LogP contribution < -0.4 is 11.1 Å². The van der Waals surface area contributed by atoms with Gasteiger partial charge in [0.1, 0.15) is 5.69 Å². The van der Waals surface area contributed by atoms with Crippen molar-refractivity contribution < 1.29 is 9.90 Å². The molecule has 5 heteroatoms.